The number of rotatable bonds is 3. The van der Waals surface area contributed by atoms with Crippen LogP contribution in [-0.4, -0.2) is 39.1 Å². The number of carbonyl (C=O) groups is 1. The fourth-order valence-electron chi connectivity index (χ4n) is 2.99. The van der Waals surface area contributed by atoms with Crippen molar-refractivity contribution >= 4 is 11.6 Å². The molecular weight excluding hydrogens is 327 g/mol. The Morgan fingerprint density at radius 2 is 2.08 bits per heavy atom. The van der Waals surface area contributed by atoms with E-state index in [1.54, 1.807) is 23.1 Å². The molecule has 4 rings (SSSR count). The maximum atomic E-state index is 13.1. The number of ether oxygens (including phenoxy) is 1. The highest BCUT2D eigenvalue weighted by Gasteiger charge is 2.28. The molecule has 0 aliphatic carbocycles. The summed E-state index contributed by atoms with van der Waals surface area (Å²) in [5, 5.41) is 2.99. The van der Waals surface area contributed by atoms with Gasteiger partial charge in [-0.2, -0.15) is 0 Å². The van der Waals surface area contributed by atoms with E-state index in [-0.39, 0.29) is 30.4 Å². The zero-order valence-electron chi connectivity index (χ0n) is 13.5. The molecule has 25 heavy (non-hydrogen) atoms. The fraction of sp³-hybridized carbons (Fsp3) is 0.235. The number of H-pyrrole nitrogens is 1. The number of hydrogen-bond acceptors (Lipinski definition) is 4. The lowest BCUT2D eigenvalue weighted by molar-refractivity contribution is -0.135. The van der Waals surface area contributed by atoms with E-state index < -0.39 is 0 Å². The van der Waals surface area contributed by atoms with Crippen LogP contribution < -0.4 is 5.56 Å². The second-order valence-corrected chi connectivity index (χ2v) is 5.90. The summed E-state index contributed by atoms with van der Waals surface area (Å²) >= 11 is 0. The Balaban J connectivity index is 1.73. The lowest BCUT2D eigenvalue weighted by atomic mass is 10.1. The average molecular weight is 342 g/mol. The molecule has 3 aromatic rings. The minimum absolute atomic E-state index is 0.0259. The first-order valence-corrected chi connectivity index (χ1v) is 7.73. The van der Waals surface area contributed by atoms with Crippen molar-refractivity contribution in [2.24, 2.45) is 0 Å². The molecule has 0 unspecified atom stereocenters. The fourth-order valence-corrected chi connectivity index (χ4v) is 2.99. The van der Waals surface area contributed by atoms with Gasteiger partial charge >= 0.3 is 0 Å². The minimum Gasteiger partial charge on any atom is -0.375 e. The van der Waals surface area contributed by atoms with Crippen molar-refractivity contribution in [3.63, 3.8) is 0 Å². The Kier molecular flexibility index (Phi) is 3.61. The van der Waals surface area contributed by atoms with E-state index in [0.29, 0.717) is 29.1 Å². The van der Waals surface area contributed by atoms with Crippen LogP contribution in [-0.2, 0) is 22.6 Å². The average Bonchev–Trinajstić information content (AvgIpc) is 3.20. The van der Waals surface area contributed by atoms with Crippen molar-refractivity contribution in [2.75, 3.05) is 13.7 Å². The molecule has 1 N–H and O–H groups in total. The van der Waals surface area contributed by atoms with E-state index in [4.69, 9.17) is 4.74 Å². The predicted molar refractivity (Wildman–Crippen MR) is 87.3 cm³/mol. The van der Waals surface area contributed by atoms with Crippen molar-refractivity contribution in [2.45, 2.75) is 13.1 Å². The van der Waals surface area contributed by atoms with E-state index in [9.17, 15) is 14.0 Å². The molecule has 0 spiro atoms. The van der Waals surface area contributed by atoms with Crippen molar-refractivity contribution < 1.29 is 13.9 Å². The highest BCUT2D eigenvalue weighted by atomic mass is 19.1. The van der Waals surface area contributed by atoms with Gasteiger partial charge in [0.25, 0.3) is 5.56 Å². The molecule has 0 fully saturated rings. The van der Waals surface area contributed by atoms with Crippen LogP contribution in [0.15, 0.2) is 35.1 Å². The zero-order valence-corrected chi connectivity index (χ0v) is 13.5. The first kappa shape index (κ1) is 15.5. The summed E-state index contributed by atoms with van der Waals surface area (Å²) in [6.07, 6.45) is 0. The number of nitrogens with one attached hydrogen (secondary N) is 1. The number of benzene rings is 1. The van der Waals surface area contributed by atoms with Gasteiger partial charge in [0.05, 0.1) is 30.0 Å². The number of nitrogens with zero attached hydrogens (tertiary/aromatic N) is 3. The predicted octanol–water partition coefficient (Wildman–Crippen LogP) is 1.32. The monoisotopic (exact) mass is 342 g/mol. The molecule has 1 aromatic carbocycles. The normalized spacial score (nSPS) is 13.4. The van der Waals surface area contributed by atoms with Crippen LogP contribution in [0.25, 0.3) is 16.9 Å². The van der Waals surface area contributed by atoms with E-state index in [1.165, 1.54) is 23.8 Å². The van der Waals surface area contributed by atoms with Crippen LogP contribution in [0.5, 0.6) is 0 Å². The van der Waals surface area contributed by atoms with Gasteiger partial charge in [0.2, 0.25) is 5.91 Å². The SMILES string of the molecule is COCC(=O)N1Cc2nc3cc(-c4ccc(F)cc4)[nH]n3c(=O)c2C1. The van der Waals surface area contributed by atoms with E-state index in [2.05, 4.69) is 10.1 Å². The molecule has 0 saturated carbocycles. The molecular formula is C17H15FN4O3. The van der Waals surface area contributed by atoms with Crippen LogP contribution in [0, 0.1) is 5.82 Å². The largest absolute Gasteiger partial charge is 0.375 e. The number of halogens is 1. The molecule has 0 bridgehead atoms. The number of methoxy groups -OCH3 is 1. The summed E-state index contributed by atoms with van der Waals surface area (Å²) in [6, 6.07) is 7.70. The van der Waals surface area contributed by atoms with Gasteiger partial charge in [-0.15, -0.1) is 0 Å². The smallest absolute Gasteiger partial charge is 0.278 e. The van der Waals surface area contributed by atoms with Crippen molar-refractivity contribution in [3.05, 3.63) is 57.8 Å². The van der Waals surface area contributed by atoms with E-state index >= 15 is 0 Å². The molecule has 1 aliphatic heterocycles. The summed E-state index contributed by atoms with van der Waals surface area (Å²) in [5.74, 6) is -0.504. The summed E-state index contributed by atoms with van der Waals surface area (Å²) in [7, 11) is 1.45. The molecule has 0 radical (unpaired) electrons. The Bertz CT molecular complexity index is 1020. The lowest BCUT2D eigenvalue weighted by Gasteiger charge is -2.13. The molecule has 1 aliphatic rings. The second-order valence-electron chi connectivity index (χ2n) is 5.90. The molecule has 0 saturated heterocycles. The summed E-state index contributed by atoms with van der Waals surface area (Å²) in [5.41, 5.74) is 2.74. The quantitative estimate of drug-likeness (QED) is 0.778. The third-order valence-electron chi connectivity index (χ3n) is 4.26. The maximum Gasteiger partial charge on any atom is 0.278 e. The number of aromatic amines is 1. The number of amides is 1. The van der Waals surface area contributed by atoms with Gasteiger partial charge in [-0.25, -0.2) is 13.9 Å². The third-order valence-corrected chi connectivity index (χ3v) is 4.26. The molecule has 2 aromatic heterocycles. The van der Waals surface area contributed by atoms with Crippen LogP contribution in [0.4, 0.5) is 4.39 Å². The van der Waals surface area contributed by atoms with E-state index in [0.717, 1.165) is 5.56 Å². The molecule has 8 heteroatoms. The van der Waals surface area contributed by atoms with Crippen LogP contribution in [0.3, 0.4) is 0 Å². The first-order chi connectivity index (χ1) is 12.1. The molecule has 3 heterocycles. The van der Waals surface area contributed by atoms with Crippen molar-refractivity contribution in [3.8, 4) is 11.3 Å². The first-order valence-electron chi connectivity index (χ1n) is 7.73. The highest BCUT2D eigenvalue weighted by Crippen LogP contribution is 2.22. The second kappa shape index (κ2) is 5.82. The zero-order chi connectivity index (χ0) is 17.6. The Labute approximate surface area is 141 Å². The Morgan fingerprint density at radius 1 is 1.32 bits per heavy atom. The van der Waals surface area contributed by atoms with Crippen LogP contribution in [0.1, 0.15) is 11.3 Å². The number of carbonyl (C=O) groups excluding carboxylic acids is 1. The van der Waals surface area contributed by atoms with Crippen LogP contribution in [0.2, 0.25) is 0 Å². The maximum absolute atomic E-state index is 13.1. The minimum atomic E-state index is -0.324. The lowest BCUT2D eigenvalue weighted by Crippen LogP contribution is -2.29. The summed E-state index contributed by atoms with van der Waals surface area (Å²) < 4.78 is 19.3. The van der Waals surface area contributed by atoms with Crippen molar-refractivity contribution in [1.29, 1.82) is 0 Å². The van der Waals surface area contributed by atoms with Gasteiger partial charge in [-0.3, -0.25) is 14.7 Å². The molecule has 128 valence electrons. The van der Waals surface area contributed by atoms with Gasteiger partial charge in [0, 0.05) is 13.2 Å². The molecule has 1 amide bonds. The Morgan fingerprint density at radius 3 is 2.80 bits per heavy atom. The number of aromatic nitrogens is 3. The van der Waals surface area contributed by atoms with Gasteiger partial charge in [-0.05, 0) is 29.8 Å². The highest BCUT2D eigenvalue weighted by molar-refractivity contribution is 5.78. The Hall–Kier alpha value is -3.00. The van der Waals surface area contributed by atoms with E-state index in [1.807, 2.05) is 0 Å². The van der Waals surface area contributed by atoms with Crippen molar-refractivity contribution in [1.82, 2.24) is 19.5 Å². The summed E-state index contributed by atoms with van der Waals surface area (Å²) in [4.78, 5) is 30.7. The number of hydrogen-bond donors (Lipinski definition) is 1. The number of fused-ring (bicyclic) bond motifs is 2. The topological polar surface area (TPSA) is 79.7 Å². The van der Waals surface area contributed by atoms with Gasteiger partial charge in [0.1, 0.15) is 12.4 Å². The standard InChI is InChI=1S/C17H15FN4O3/c1-25-9-16(23)21-7-12-14(8-21)19-15-6-13(20-22(15)17(12)24)10-2-4-11(18)5-3-10/h2-6,20H,7-9H2,1H3. The van der Waals surface area contributed by atoms with Crippen LogP contribution >= 0.6 is 0 Å². The van der Waals surface area contributed by atoms with Gasteiger partial charge in [0.15, 0.2) is 5.65 Å². The van der Waals surface area contributed by atoms with Gasteiger partial charge < -0.3 is 9.64 Å². The molecule has 7 nitrogen and oxygen atoms in total. The molecule has 0 atom stereocenters. The van der Waals surface area contributed by atoms with Gasteiger partial charge in [-0.1, -0.05) is 0 Å². The summed E-state index contributed by atoms with van der Waals surface area (Å²) in [6.45, 7) is 0.486. The third kappa shape index (κ3) is 2.60.